The number of halogens is 1. The van der Waals surface area contributed by atoms with E-state index in [-0.39, 0.29) is 29.8 Å². The second kappa shape index (κ2) is 11.5. The van der Waals surface area contributed by atoms with E-state index in [0.29, 0.717) is 29.0 Å². The summed E-state index contributed by atoms with van der Waals surface area (Å²) in [4.78, 5) is 44.1. The van der Waals surface area contributed by atoms with E-state index < -0.39 is 29.6 Å². The van der Waals surface area contributed by atoms with Crippen LogP contribution in [0.2, 0.25) is 5.02 Å². The molecule has 2 N–H and O–H groups in total. The number of amides is 3. The first-order valence-corrected chi connectivity index (χ1v) is 15.7. The summed E-state index contributed by atoms with van der Waals surface area (Å²) >= 11 is 6.15. The summed E-state index contributed by atoms with van der Waals surface area (Å²) in [5.41, 5.74) is 0.546. The lowest BCUT2D eigenvalue weighted by molar-refractivity contribution is -0.144. The number of nitrogens with zero attached hydrogens (tertiary/aromatic N) is 1. The van der Waals surface area contributed by atoms with Gasteiger partial charge in [0.15, 0.2) is 0 Å². The molecule has 0 radical (unpaired) electrons. The van der Waals surface area contributed by atoms with Crippen molar-refractivity contribution in [1.82, 2.24) is 10.2 Å². The molecule has 3 aliphatic heterocycles. The molecular weight excluding hydrogens is 550 g/mol. The lowest BCUT2D eigenvalue weighted by Gasteiger charge is -2.39. The largest absolute Gasteiger partial charge is 0.359 e. The van der Waals surface area contributed by atoms with Gasteiger partial charge < -0.3 is 20.3 Å². The van der Waals surface area contributed by atoms with E-state index >= 15 is 0 Å². The average Bonchev–Trinajstić information content (AvgIpc) is 3.62. The second-order valence-corrected chi connectivity index (χ2v) is 13.1. The van der Waals surface area contributed by atoms with Crippen LogP contribution in [0.25, 0.3) is 0 Å². The van der Waals surface area contributed by atoms with Crippen molar-refractivity contribution >= 4 is 35.0 Å². The molecule has 3 heterocycles. The molecule has 2 saturated heterocycles. The van der Waals surface area contributed by atoms with E-state index in [9.17, 15) is 14.4 Å². The highest BCUT2D eigenvalue weighted by Crippen LogP contribution is 2.56. The van der Waals surface area contributed by atoms with Gasteiger partial charge in [0.2, 0.25) is 17.7 Å². The van der Waals surface area contributed by atoms with Crippen molar-refractivity contribution in [3.05, 3.63) is 77.3 Å². The topological polar surface area (TPSA) is 87.7 Å². The summed E-state index contributed by atoms with van der Waals surface area (Å²) in [7, 11) is 0. The molecule has 3 amide bonds. The number of carbonyl (C=O) groups excluding carboxylic acids is 3. The summed E-state index contributed by atoms with van der Waals surface area (Å²) in [5.74, 6) is -1.38. The summed E-state index contributed by atoms with van der Waals surface area (Å²) < 4.78 is 6.54. The number of aryl methyl sites for hydroxylation is 1. The molecule has 222 valence electrons. The van der Waals surface area contributed by atoms with E-state index in [0.717, 1.165) is 25.7 Å². The van der Waals surface area contributed by atoms with Gasteiger partial charge in [-0.3, -0.25) is 14.4 Å². The van der Waals surface area contributed by atoms with Gasteiger partial charge in [-0.15, -0.1) is 0 Å². The van der Waals surface area contributed by atoms with Crippen LogP contribution >= 0.6 is 11.6 Å². The highest BCUT2D eigenvalue weighted by Gasteiger charge is 2.73. The number of hydrogen-bond acceptors (Lipinski definition) is 4. The fourth-order valence-electron chi connectivity index (χ4n) is 7.68. The molecule has 2 aromatic rings. The van der Waals surface area contributed by atoms with Crippen molar-refractivity contribution < 1.29 is 19.1 Å². The van der Waals surface area contributed by atoms with Gasteiger partial charge in [0.1, 0.15) is 11.6 Å². The molecule has 1 saturated carbocycles. The van der Waals surface area contributed by atoms with E-state index in [1.54, 1.807) is 29.2 Å². The number of rotatable bonds is 8. The fraction of sp³-hybridized carbons (Fsp3) is 0.500. The first-order chi connectivity index (χ1) is 20.2. The second-order valence-electron chi connectivity index (χ2n) is 12.7. The standard InChI is InChI=1S/C34H40ClN3O4/c1-20-9-7-14-26(22(20)3)37-32(40)30-34-18-17-27(42-34)28(31(39)36-25-13-8-12-24(35)19-25)29(34)33(41)38(30)21(2)15-16-23-10-5-4-6-11-23/h4-6,8,10-13,17-22,26-30H,7,9,14-16H2,1-3H3,(H,36,39)(H,37,40)/t20-,21-,22-,26+,27+,28+,29+,30+,34+/m1/s1. The van der Waals surface area contributed by atoms with Gasteiger partial charge in [0.05, 0.1) is 17.9 Å². The molecule has 3 fully saturated rings. The molecule has 8 heteroatoms. The van der Waals surface area contributed by atoms with Gasteiger partial charge >= 0.3 is 0 Å². The van der Waals surface area contributed by atoms with Crippen LogP contribution in [0.15, 0.2) is 66.7 Å². The van der Waals surface area contributed by atoms with Gasteiger partial charge in [-0.05, 0) is 61.8 Å². The predicted octanol–water partition coefficient (Wildman–Crippen LogP) is 5.39. The Bertz CT molecular complexity index is 1380. The highest BCUT2D eigenvalue weighted by atomic mass is 35.5. The minimum Gasteiger partial charge on any atom is -0.359 e. The van der Waals surface area contributed by atoms with Crippen LogP contribution in [-0.2, 0) is 25.5 Å². The van der Waals surface area contributed by atoms with Crippen molar-refractivity contribution in [2.75, 3.05) is 5.32 Å². The maximum Gasteiger partial charge on any atom is 0.246 e. The highest BCUT2D eigenvalue weighted by molar-refractivity contribution is 6.30. The molecule has 0 aromatic heterocycles. The quantitative estimate of drug-likeness (QED) is 0.404. The smallest absolute Gasteiger partial charge is 0.246 e. The number of hydrogen-bond donors (Lipinski definition) is 2. The van der Waals surface area contributed by atoms with Crippen LogP contribution in [0.4, 0.5) is 5.69 Å². The third kappa shape index (κ3) is 5.05. The van der Waals surface area contributed by atoms with Crippen molar-refractivity contribution in [3.8, 4) is 0 Å². The molecule has 2 bridgehead atoms. The van der Waals surface area contributed by atoms with Crippen LogP contribution in [0.5, 0.6) is 0 Å². The molecule has 42 heavy (non-hydrogen) atoms. The summed E-state index contributed by atoms with van der Waals surface area (Å²) in [6.07, 6.45) is 7.75. The number of ether oxygens (including phenoxy) is 1. The van der Waals surface area contributed by atoms with Gasteiger partial charge in [-0.1, -0.05) is 86.8 Å². The minimum absolute atomic E-state index is 0.0396. The Hall–Kier alpha value is -3.16. The Labute approximate surface area is 253 Å². The first-order valence-electron chi connectivity index (χ1n) is 15.3. The van der Waals surface area contributed by atoms with Gasteiger partial charge in [0, 0.05) is 22.8 Å². The number of anilines is 1. The first kappa shape index (κ1) is 28.9. The third-order valence-corrected chi connectivity index (χ3v) is 10.4. The lowest BCUT2D eigenvalue weighted by Crippen LogP contribution is -2.59. The SMILES string of the molecule is C[C@@H]1[C@H](C)CCC[C@@H]1NC(=O)[C@@H]1N([C@H](C)CCc2ccccc2)C(=O)[C@@H]2[C@@H](C(=O)Nc3cccc(Cl)c3)[C@@H]3C=C[C@]21O3. The van der Waals surface area contributed by atoms with Crippen LogP contribution < -0.4 is 10.6 Å². The van der Waals surface area contributed by atoms with E-state index in [2.05, 4.69) is 36.6 Å². The molecule has 0 unspecified atom stereocenters. The Balaban J connectivity index is 1.30. The zero-order valence-corrected chi connectivity index (χ0v) is 25.2. The van der Waals surface area contributed by atoms with Crippen molar-refractivity contribution in [3.63, 3.8) is 0 Å². The predicted molar refractivity (Wildman–Crippen MR) is 163 cm³/mol. The Kier molecular flexibility index (Phi) is 7.92. The third-order valence-electron chi connectivity index (χ3n) is 10.2. The maximum absolute atomic E-state index is 14.4. The molecule has 1 aliphatic carbocycles. The molecule has 4 aliphatic rings. The fourth-order valence-corrected chi connectivity index (χ4v) is 7.87. The Morgan fingerprint density at radius 3 is 2.64 bits per heavy atom. The normalized spacial score (nSPS) is 33.9. The van der Waals surface area contributed by atoms with Crippen molar-refractivity contribution in [2.45, 2.75) is 82.7 Å². The maximum atomic E-state index is 14.4. The van der Waals surface area contributed by atoms with Crippen LogP contribution in [-0.4, -0.2) is 52.5 Å². The molecule has 6 rings (SSSR count). The van der Waals surface area contributed by atoms with E-state index in [4.69, 9.17) is 16.3 Å². The van der Waals surface area contributed by atoms with Gasteiger partial charge in [0.25, 0.3) is 0 Å². The van der Waals surface area contributed by atoms with Gasteiger partial charge in [-0.25, -0.2) is 0 Å². The number of carbonyl (C=O) groups is 3. The molecular formula is C34H40ClN3O4. The Morgan fingerprint density at radius 2 is 1.88 bits per heavy atom. The van der Waals surface area contributed by atoms with E-state index in [1.165, 1.54) is 5.56 Å². The summed E-state index contributed by atoms with van der Waals surface area (Å²) in [6.45, 7) is 6.44. The number of likely N-dealkylation sites (tertiary alicyclic amines) is 1. The molecule has 2 aromatic carbocycles. The van der Waals surface area contributed by atoms with Crippen molar-refractivity contribution in [2.24, 2.45) is 23.7 Å². The number of nitrogens with one attached hydrogen (secondary N) is 2. The van der Waals surface area contributed by atoms with Crippen LogP contribution in [0.1, 0.15) is 52.0 Å². The van der Waals surface area contributed by atoms with Crippen LogP contribution in [0, 0.1) is 23.7 Å². The van der Waals surface area contributed by atoms with Crippen molar-refractivity contribution in [1.29, 1.82) is 0 Å². The molecule has 9 atom stereocenters. The van der Waals surface area contributed by atoms with E-state index in [1.807, 2.05) is 37.3 Å². The summed E-state index contributed by atoms with van der Waals surface area (Å²) in [5, 5.41) is 6.79. The number of fused-ring (bicyclic) bond motifs is 1. The van der Waals surface area contributed by atoms with Gasteiger partial charge in [-0.2, -0.15) is 0 Å². The summed E-state index contributed by atoms with van der Waals surface area (Å²) in [6, 6.07) is 16.0. The zero-order chi connectivity index (χ0) is 29.6. The molecule has 7 nitrogen and oxygen atoms in total. The van der Waals surface area contributed by atoms with Crippen LogP contribution in [0.3, 0.4) is 0 Å². The monoisotopic (exact) mass is 589 g/mol. The molecule has 1 spiro atoms. The average molecular weight is 590 g/mol. The number of benzene rings is 2. The Morgan fingerprint density at radius 1 is 1.10 bits per heavy atom. The lowest BCUT2D eigenvalue weighted by atomic mass is 9.73. The zero-order valence-electron chi connectivity index (χ0n) is 24.5. The minimum atomic E-state index is -1.19.